The molecule has 4 aliphatic rings. The van der Waals surface area contributed by atoms with Gasteiger partial charge in [0, 0.05) is 0 Å². The number of benzene rings is 2. The number of amides is 2. The molecule has 2 aromatic carbocycles. The van der Waals surface area contributed by atoms with Gasteiger partial charge in [-0.05, 0) is 95.6 Å². The lowest BCUT2D eigenvalue weighted by atomic mass is 9.64. The van der Waals surface area contributed by atoms with Crippen molar-refractivity contribution in [1.82, 2.24) is 0 Å². The fourth-order valence-electron chi connectivity index (χ4n) is 9.69. The Morgan fingerprint density at radius 3 is 1.30 bits per heavy atom. The predicted octanol–water partition coefficient (Wildman–Crippen LogP) is 6.40. The average molecular weight is 605 g/mol. The third-order valence-electron chi connectivity index (χ3n) is 14.0. The van der Waals surface area contributed by atoms with Crippen LogP contribution in [0.4, 0.5) is 11.4 Å². The highest BCUT2D eigenvalue weighted by Gasteiger charge is 2.73. The Balaban J connectivity index is 1.23. The van der Waals surface area contributed by atoms with Crippen molar-refractivity contribution >= 4 is 23.2 Å². The predicted molar refractivity (Wildman–Crippen MR) is 171 cm³/mol. The van der Waals surface area contributed by atoms with Crippen molar-refractivity contribution in [2.75, 3.05) is 24.9 Å². The molecule has 0 unspecified atom stereocenters. The molecule has 0 heterocycles. The molecule has 0 aliphatic heterocycles. The maximum Gasteiger partial charge on any atom is 0.231 e. The lowest BCUT2D eigenvalue weighted by Crippen LogP contribution is -2.43. The smallest absolute Gasteiger partial charge is 0.231 e. The fourth-order valence-corrected chi connectivity index (χ4v) is 9.69. The first-order valence-electron chi connectivity index (χ1n) is 15.9. The number of rotatable bonds is 7. The van der Waals surface area contributed by atoms with Crippen molar-refractivity contribution in [3.63, 3.8) is 0 Å². The Morgan fingerprint density at radius 2 is 1.02 bits per heavy atom. The quantitative estimate of drug-likeness (QED) is 0.291. The summed E-state index contributed by atoms with van der Waals surface area (Å²) in [6.07, 6.45) is 3.07. The van der Waals surface area contributed by atoms with E-state index in [2.05, 4.69) is 52.2 Å². The van der Waals surface area contributed by atoms with Gasteiger partial charge in [-0.3, -0.25) is 9.59 Å². The van der Waals surface area contributed by atoms with Gasteiger partial charge >= 0.3 is 0 Å². The molecule has 0 radical (unpaired) electrons. The molecule has 6 rings (SSSR count). The van der Waals surface area contributed by atoms with Gasteiger partial charge in [-0.15, -0.1) is 0 Å². The molecule has 2 aromatic rings. The second-order valence-electron chi connectivity index (χ2n) is 15.4. The lowest BCUT2D eigenvalue weighted by Gasteiger charge is -2.40. The van der Waals surface area contributed by atoms with E-state index in [1.54, 1.807) is 14.2 Å². The number of hydrogen-bond donors (Lipinski definition) is 4. The number of carbonyl (C=O) groups excluding carboxylic acids is 2. The van der Waals surface area contributed by atoms with Gasteiger partial charge in [0.2, 0.25) is 11.8 Å². The van der Waals surface area contributed by atoms with Crippen LogP contribution in [-0.2, 0) is 9.59 Å². The molecule has 6 atom stereocenters. The Morgan fingerprint density at radius 1 is 0.659 bits per heavy atom. The summed E-state index contributed by atoms with van der Waals surface area (Å²) in [5.41, 5.74) is 0.381. The van der Waals surface area contributed by atoms with Gasteiger partial charge in [-0.1, -0.05) is 53.7 Å². The zero-order chi connectivity index (χ0) is 32.1. The first kappa shape index (κ1) is 30.9. The number of fused-ring (bicyclic) bond motifs is 4. The minimum absolute atomic E-state index is 0.0735. The summed E-state index contributed by atoms with van der Waals surface area (Å²) in [5.74, 6) is 0.920. The normalized spacial score (nSPS) is 35.9. The first-order valence-corrected chi connectivity index (χ1v) is 15.9. The van der Waals surface area contributed by atoms with E-state index < -0.39 is 23.0 Å². The van der Waals surface area contributed by atoms with Crippen molar-refractivity contribution in [1.29, 1.82) is 0 Å². The van der Waals surface area contributed by atoms with Crippen molar-refractivity contribution < 1.29 is 29.3 Å². The van der Waals surface area contributed by atoms with Gasteiger partial charge < -0.3 is 30.3 Å². The van der Waals surface area contributed by atoms with Crippen LogP contribution < -0.4 is 20.1 Å². The topological polar surface area (TPSA) is 117 Å². The molecular weight excluding hydrogens is 556 g/mol. The number of anilines is 2. The van der Waals surface area contributed by atoms with Gasteiger partial charge in [0.15, 0.2) is 0 Å². The Bertz CT molecular complexity index is 1420. The number of aliphatic hydroxyl groups is 2. The monoisotopic (exact) mass is 604 g/mol. The molecule has 0 spiro atoms. The highest BCUT2D eigenvalue weighted by atomic mass is 16.5. The lowest BCUT2D eigenvalue weighted by molar-refractivity contribution is -0.131. The zero-order valence-corrected chi connectivity index (χ0v) is 27.4. The number of carbonyl (C=O) groups is 2. The summed E-state index contributed by atoms with van der Waals surface area (Å²) in [6, 6.07) is 11.3. The van der Waals surface area contributed by atoms with E-state index in [4.69, 9.17) is 9.47 Å². The second kappa shape index (κ2) is 9.70. The minimum atomic E-state index is -0.638. The van der Waals surface area contributed by atoms with E-state index in [0.717, 1.165) is 36.8 Å². The van der Waals surface area contributed by atoms with E-state index in [1.165, 1.54) is 0 Å². The number of hydrogen-bond acceptors (Lipinski definition) is 6. The van der Waals surface area contributed by atoms with E-state index in [0.29, 0.717) is 35.7 Å². The Labute approximate surface area is 260 Å². The van der Waals surface area contributed by atoms with Gasteiger partial charge in [0.25, 0.3) is 0 Å². The van der Waals surface area contributed by atoms with Crippen LogP contribution in [0.2, 0.25) is 0 Å². The summed E-state index contributed by atoms with van der Waals surface area (Å²) in [5, 5.41) is 28.0. The highest BCUT2D eigenvalue weighted by Crippen LogP contribution is 2.73. The van der Waals surface area contributed by atoms with Crippen LogP contribution in [0, 0.1) is 32.5 Å². The van der Waals surface area contributed by atoms with E-state index in [-0.39, 0.29) is 33.5 Å². The van der Waals surface area contributed by atoms with Crippen LogP contribution in [0.5, 0.6) is 11.5 Å². The summed E-state index contributed by atoms with van der Waals surface area (Å²) >= 11 is 0. The maximum atomic E-state index is 13.8. The average Bonchev–Trinajstić information content (AvgIpc) is 3.45. The fraction of sp³-hybridized carbons (Fsp3) is 0.611. The van der Waals surface area contributed by atoms with Crippen molar-refractivity contribution in [2.24, 2.45) is 32.5 Å². The highest BCUT2D eigenvalue weighted by molar-refractivity contribution is 5.99. The molecular formula is C36H48N2O6. The van der Waals surface area contributed by atoms with Crippen LogP contribution in [0.15, 0.2) is 36.4 Å². The maximum absolute atomic E-state index is 13.8. The molecule has 4 N–H and O–H groups in total. The molecule has 238 valence electrons. The molecule has 8 nitrogen and oxygen atoms in total. The largest absolute Gasteiger partial charge is 0.495 e. The first-order chi connectivity index (χ1) is 20.5. The van der Waals surface area contributed by atoms with Gasteiger partial charge in [0.1, 0.15) is 11.5 Å². The number of aliphatic hydroxyl groups excluding tert-OH is 2. The van der Waals surface area contributed by atoms with Crippen molar-refractivity contribution in [3.05, 3.63) is 36.4 Å². The van der Waals surface area contributed by atoms with Crippen LogP contribution in [0.25, 0.3) is 11.1 Å². The van der Waals surface area contributed by atoms with E-state index in [1.807, 2.05) is 36.4 Å². The molecule has 8 heteroatoms. The number of methoxy groups -OCH3 is 2. The molecule has 2 amide bonds. The van der Waals surface area contributed by atoms with Crippen LogP contribution in [0.3, 0.4) is 0 Å². The molecule has 4 fully saturated rings. The van der Waals surface area contributed by atoms with Gasteiger partial charge in [-0.25, -0.2) is 0 Å². The standard InChI is InChI=1S/C36H48N2O6/c1-31(2)33(5)13-15-35(31,19-27(33)39)29(41)37-23-11-9-21(17-25(23)43-7)22-10-12-24(26(18-22)44-8)38-30(42)36-16-14-34(6,28(40)20-36)32(36,3)4/h9-12,17-18,27-28,39-40H,13-16,19-20H2,1-8H3,(H,37,41)(H,38,42)/t27-,28+,33-,34-,35+,36+/m1/s1. The number of nitrogens with one attached hydrogen (secondary N) is 2. The van der Waals surface area contributed by atoms with Crippen LogP contribution in [-0.4, -0.2) is 48.5 Å². The van der Waals surface area contributed by atoms with Crippen molar-refractivity contribution in [2.45, 2.75) is 92.3 Å². The zero-order valence-electron chi connectivity index (χ0n) is 27.4. The molecule has 4 saturated carbocycles. The summed E-state index contributed by atoms with van der Waals surface area (Å²) in [6.45, 7) is 12.6. The van der Waals surface area contributed by atoms with Crippen LogP contribution >= 0.6 is 0 Å². The summed E-state index contributed by atoms with van der Waals surface area (Å²) in [4.78, 5) is 27.6. The summed E-state index contributed by atoms with van der Waals surface area (Å²) in [7, 11) is 3.16. The van der Waals surface area contributed by atoms with Crippen LogP contribution in [0.1, 0.15) is 80.1 Å². The third kappa shape index (κ3) is 3.70. The molecule has 0 saturated heterocycles. The minimum Gasteiger partial charge on any atom is -0.495 e. The van der Waals surface area contributed by atoms with E-state index >= 15 is 0 Å². The third-order valence-corrected chi connectivity index (χ3v) is 14.0. The Hall–Kier alpha value is -3.10. The second-order valence-corrected chi connectivity index (χ2v) is 15.4. The molecule has 44 heavy (non-hydrogen) atoms. The number of ether oxygens (including phenoxy) is 2. The van der Waals surface area contributed by atoms with E-state index in [9.17, 15) is 19.8 Å². The summed E-state index contributed by atoms with van der Waals surface area (Å²) < 4.78 is 11.4. The van der Waals surface area contributed by atoms with Gasteiger partial charge in [0.05, 0.1) is 48.6 Å². The Kier molecular flexibility index (Phi) is 6.81. The SMILES string of the molecule is COc1cc(-c2ccc(NC(=O)[C@]34CC[C@](C)([C@@H](O)C3)C4(C)C)c(OC)c2)ccc1NC(=O)[C@]12CC[C@](C)([C@H](O)C1)C2(C)C. The molecule has 4 bridgehead atoms. The van der Waals surface area contributed by atoms with Gasteiger partial charge in [-0.2, -0.15) is 0 Å². The van der Waals surface area contributed by atoms with Crippen molar-refractivity contribution in [3.8, 4) is 22.6 Å². The molecule has 4 aliphatic carbocycles. The molecule has 0 aromatic heterocycles.